The molecule has 0 aromatic rings. The summed E-state index contributed by atoms with van der Waals surface area (Å²) in [6, 6.07) is 0. The van der Waals surface area contributed by atoms with E-state index in [9.17, 15) is 4.79 Å². The Morgan fingerprint density at radius 2 is 2.45 bits per heavy atom. The molecule has 4 nitrogen and oxygen atoms in total. The van der Waals surface area contributed by atoms with Gasteiger partial charge < -0.3 is 15.7 Å². The molecule has 2 heterocycles. The van der Waals surface area contributed by atoms with Crippen LogP contribution in [0.5, 0.6) is 0 Å². The second kappa shape index (κ2) is 1.95. The molecule has 0 spiro atoms. The monoisotopic (exact) mass is 156 g/mol. The maximum absolute atomic E-state index is 10.8. The number of fused-ring (bicyclic) bond motifs is 2. The zero-order chi connectivity index (χ0) is 8.06. The second-order valence-corrected chi connectivity index (χ2v) is 3.57. The van der Waals surface area contributed by atoms with E-state index in [4.69, 9.17) is 10.8 Å². The lowest BCUT2D eigenvalue weighted by molar-refractivity contribution is -0.144. The smallest absolute Gasteiger partial charge is 0.325 e. The molecule has 3 N–H and O–H groups in total. The fraction of sp³-hybridized carbons (Fsp3) is 0.857. The number of nitrogens with two attached hydrogens (primary N) is 1. The van der Waals surface area contributed by atoms with E-state index in [1.54, 1.807) is 0 Å². The van der Waals surface area contributed by atoms with E-state index in [1.165, 1.54) is 0 Å². The maximum Gasteiger partial charge on any atom is 0.325 e. The zero-order valence-corrected chi connectivity index (χ0v) is 6.29. The Labute approximate surface area is 65.0 Å². The fourth-order valence-electron chi connectivity index (χ4n) is 2.14. The quantitative estimate of drug-likeness (QED) is 0.516. The van der Waals surface area contributed by atoms with Crippen molar-refractivity contribution in [3.05, 3.63) is 0 Å². The molecule has 3 unspecified atom stereocenters. The van der Waals surface area contributed by atoms with Crippen molar-refractivity contribution in [3.63, 3.8) is 0 Å². The van der Waals surface area contributed by atoms with E-state index in [-0.39, 0.29) is 5.92 Å². The molecule has 11 heavy (non-hydrogen) atoms. The topological polar surface area (TPSA) is 66.6 Å². The first-order valence-corrected chi connectivity index (χ1v) is 3.87. The molecule has 2 aliphatic heterocycles. The summed E-state index contributed by atoms with van der Waals surface area (Å²) in [6.07, 6.45) is 0.947. The van der Waals surface area contributed by atoms with Gasteiger partial charge in [0.1, 0.15) is 5.54 Å². The molecule has 2 rings (SSSR count). The Morgan fingerprint density at radius 1 is 1.73 bits per heavy atom. The number of nitrogens with zero attached hydrogens (tertiary/aromatic N) is 1. The third-order valence-electron chi connectivity index (χ3n) is 2.88. The van der Waals surface area contributed by atoms with Gasteiger partial charge in [-0.05, 0) is 13.0 Å². The Balaban J connectivity index is 2.23. The van der Waals surface area contributed by atoms with Crippen LogP contribution in [0.4, 0.5) is 0 Å². The lowest BCUT2D eigenvalue weighted by Gasteiger charge is -2.28. The number of hydrogen-bond donors (Lipinski definition) is 2. The van der Waals surface area contributed by atoms with Gasteiger partial charge in [-0.3, -0.25) is 4.79 Å². The van der Waals surface area contributed by atoms with Crippen LogP contribution in [0.2, 0.25) is 0 Å². The molecular formula is C7H12N2O2. The summed E-state index contributed by atoms with van der Waals surface area (Å²) >= 11 is 0. The first-order valence-electron chi connectivity index (χ1n) is 3.87. The van der Waals surface area contributed by atoms with Crippen LogP contribution in [0.25, 0.3) is 0 Å². The van der Waals surface area contributed by atoms with Crippen LogP contribution in [0.15, 0.2) is 0 Å². The average Bonchev–Trinajstić information content (AvgIpc) is 2.45. The van der Waals surface area contributed by atoms with Crippen molar-refractivity contribution in [2.45, 2.75) is 12.0 Å². The third kappa shape index (κ3) is 0.795. The Kier molecular flexibility index (Phi) is 1.25. The molecular weight excluding hydrogens is 144 g/mol. The van der Waals surface area contributed by atoms with Gasteiger partial charge in [-0.1, -0.05) is 0 Å². The minimum absolute atomic E-state index is 0.181. The van der Waals surface area contributed by atoms with Crippen molar-refractivity contribution in [1.82, 2.24) is 4.90 Å². The summed E-state index contributed by atoms with van der Waals surface area (Å²) in [5.74, 6) is -0.662. The molecule has 0 saturated carbocycles. The summed E-state index contributed by atoms with van der Waals surface area (Å²) < 4.78 is 0. The van der Waals surface area contributed by atoms with Crippen molar-refractivity contribution in [1.29, 1.82) is 0 Å². The highest BCUT2D eigenvalue weighted by Crippen LogP contribution is 2.34. The van der Waals surface area contributed by atoms with Gasteiger partial charge >= 0.3 is 5.97 Å². The zero-order valence-electron chi connectivity index (χ0n) is 6.29. The van der Waals surface area contributed by atoms with Crippen LogP contribution in [0.1, 0.15) is 6.42 Å². The molecule has 2 bridgehead atoms. The van der Waals surface area contributed by atoms with E-state index in [0.717, 1.165) is 19.5 Å². The fourth-order valence-corrected chi connectivity index (χ4v) is 2.14. The van der Waals surface area contributed by atoms with Gasteiger partial charge in [-0.2, -0.15) is 0 Å². The molecule has 2 fully saturated rings. The Hall–Kier alpha value is -0.610. The summed E-state index contributed by atoms with van der Waals surface area (Å²) in [5, 5.41) is 8.84. The molecule has 0 aliphatic carbocycles. The lowest BCUT2D eigenvalue weighted by atomic mass is 9.85. The summed E-state index contributed by atoms with van der Waals surface area (Å²) in [5.41, 5.74) is 4.80. The highest BCUT2D eigenvalue weighted by molar-refractivity contribution is 5.80. The minimum Gasteiger partial charge on any atom is -0.480 e. The second-order valence-electron chi connectivity index (χ2n) is 3.57. The molecule has 3 atom stereocenters. The SMILES string of the molecule is NC1(C(=O)O)CN2CCC1C2. The van der Waals surface area contributed by atoms with Gasteiger partial charge in [-0.15, -0.1) is 0 Å². The van der Waals surface area contributed by atoms with Gasteiger partial charge in [0.2, 0.25) is 0 Å². The number of hydrogen-bond acceptors (Lipinski definition) is 3. The van der Waals surface area contributed by atoms with Crippen molar-refractivity contribution in [2.75, 3.05) is 19.6 Å². The van der Waals surface area contributed by atoms with Crippen LogP contribution in [0.3, 0.4) is 0 Å². The molecule has 2 aliphatic rings. The van der Waals surface area contributed by atoms with E-state index in [2.05, 4.69) is 4.90 Å². The molecule has 2 saturated heterocycles. The van der Waals surface area contributed by atoms with Gasteiger partial charge in [0.05, 0.1) is 0 Å². The normalized spacial score (nSPS) is 48.1. The largest absolute Gasteiger partial charge is 0.480 e. The molecule has 4 heteroatoms. The van der Waals surface area contributed by atoms with Crippen LogP contribution < -0.4 is 5.73 Å². The molecule has 62 valence electrons. The van der Waals surface area contributed by atoms with Gasteiger partial charge in [0, 0.05) is 19.0 Å². The van der Waals surface area contributed by atoms with Crippen LogP contribution in [-0.4, -0.2) is 41.1 Å². The Bertz CT molecular complexity index is 207. The van der Waals surface area contributed by atoms with Crippen LogP contribution in [0, 0.1) is 5.92 Å². The number of rotatable bonds is 1. The lowest BCUT2D eigenvalue weighted by Crippen LogP contribution is -2.56. The molecule has 0 amide bonds. The van der Waals surface area contributed by atoms with Gasteiger partial charge in [0.25, 0.3) is 0 Å². The standard InChI is InChI=1S/C7H12N2O2/c8-7(6(10)11)4-9-2-1-5(7)3-9/h5H,1-4,8H2,(H,10,11). The number of carbonyl (C=O) groups is 1. The molecule has 0 radical (unpaired) electrons. The summed E-state index contributed by atoms with van der Waals surface area (Å²) in [6.45, 7) is 2.44. The van der Waals surface area contributed by atoms with Crippen molar-refractivity contribution < 1.29 is 9.90 Å². The maximum atomic E-state index is 10.8. The number of piperidine rings is 1. The first kappa shape index (κ1) is 7.06. The van der Waals surface area contributed by atoms with Crippen LogP contribution >= 0.6 is 0 Å². The summed E-state index contributed by atoms with van der Waals surface area (Å²) in [4.78, 5) is 12.9. The van der Waals surface area contributed by atoms with E-state index < -0.39 is 11.5 Å². The van der Waals surface area contributed by atoms with Gasteiger partial charge in [0.15, 0.2) is 0 Å². The summed E-state index contributed by atoms with van der Waals surface area (Å²) in [7, 11) is 0. The third-order valence-corrected chi connectivity index (χ3v) is 2.88. The average molecular weight is 156 g/mol. The predicted octanol–water partition coefficient (Wildman–Crippen LogP) is -0.896. The van der Waals surface area contributed by atoms with E-state index in [0.29, 0.717) is 6.54 Å². The van der Waals surface area contributed by atoms with Crippen molar-refractivity contribution in [2.24, 2.45) is 11.7 Å². The molecule has 0 aromatic carbocycles. The van der Waals surface area contributed by atoms with Crippen molar-refractivity contribution >= 4 is 5.97 Å². The minimum atomic E-state index is -0.946. The molecule has 0 aromatic heterocycles. The van der Waals surface area contributed by atoms with E-state index >= 15 is 0 Å². The van der Waals surface area contributed by atoms with E-state index in [1.807, 2.05) is 0 Å². The van der Waals surface area contributed by atoms with Crippen LogP contribution in [-0.2, 0) is 4.79 Å². The van der Waals surface area contributed by atoms with Gasteiger partial charge in [-0.25, -0.2) is 0 Å². The Morgan fingerprint density at radius 3 is 2.73 bits per heavy atom. The predicted molar refractivity (Wildman–Crippen MR) is 39.1 cm³/mol. The number of aliphatic carboxylic acids is 1. The highest BCUT2D eigenvalue weighted by atomic mass is 16.4. The number of carboxylic acid groups (broad SMARTS) is 1. The highest BCUT2D eigenvalue weighted by Gasteiger charge is 2.52. The first-order chi connectivity index (χ1) is 5.13. The number of carboxylic acids is 1. The van der Waals surface area contributed by atoms with Crippen molar-refractivity contribution in [3.8, 4) is 0 Å².